The van der Waals surface area contributed by atoms with E-state index in [9.17, 15) is 10.1 Å². The summed E-state index contributed by atoms with van der Waals surface area (Å²) in [6.45, 7) is 0. The summed E-state index contributed by atoms with van der Waals surface area (Å²) in [5, 5.41) is 17.1. The van der Waals surface area contributed by atoms with Crippen molar-refractivity contribution in [1.82, 2.24) is 0 Å². The van der Waals surface area contributed by atoms with E-state index in [1.807, 2.05) is 36.4 Å². The fraction of sp³-hybridized carbons (Fsp3) is 0.0556. The van der Waals surface area contributed by atoms with Crippen LogP contribution in [-0.4, -0.2) is 18.2 Å². The number of ether oxygens (including phenoxy) is 1. The SMILES string of the molecule is COc1ccc(C=NNc2ccccc2[N+](=O)[O-])c2ccccc12. The summed E-state index contributed by atoms with van der Waals surface area (Å²) in [6, 6.07) is 18.0. The van der Waals surface area contributed by atoms with Gasteiger partial charge in [0.25, 0.3) is 5.69 Å². The van der Waals surface area contributed by atoms with E-state index in [0.717, 1.165) is 22.1 Å². The quantitative estimate of drug-likeness (QED) is 0.434. The second-order valence-electron chi connectivity index (χ2n) is 5.05. The zero-order valence-electron chi connectivity index (χ0n) is 13.0. The van der Waals surface area contributed by atoms with Crippen molar-refractivity contribution in [1.29, 1.82) is 0 Å². The zero-order chi connectivity index (χ0) is 16.9. The largest absolute Gasteiger partial charge is 0.496 e. The molecule has 0 saturated carbocycles. The van der Waals surface area contributed by atoms with Gasteiger partial charge in [0.15, 0.2) is 0 Å². The van der Waals surface area contributed by atoms with Crippen molar-refractivity contribution in [2.24, 2.45) is 5.10 Å². The fourth-order valence-electron chi connectivity index (χ4n) is 2.48. The van der Waals surface area contributed by atoms with E-state index < -0.39 is 4.92 Å². The summed E-state index contributed by atoms with van der Waals surface area (Å²) in [7, 11) is 1.63. The molecule has 0 aliphatic carbocycles. The van der Waals surface area contributed by atoms with Gasteiger partial charge in [-0.25, -0.2) is 0 Å². The lowest BCUT2D eigenvalue weighted by atomic mass is 10.0. The molecular weight excluding hydrogens is 306 g/mol. The first kappa shape index (κ1) is 15.5. The molecule has 24 heavy (non-hydrogen) atoms. The van der Waals surface area contributed by atoms with Crippen LogP contribution < -0.4 is 10.2 Å². The number of nitrogens with zero attached hydrogens (tertiary/aromatic N) is 2. The molecule has 0 spiro atoms. The molecule has 120 valence electrons. The maximum atomic E-state index is 11.0. The molecule has 0 saturated heterocycles. The molecule has 0 aromatic heterocycles. The Labute approximate surface area is 138 Å². The summed E-state index contributed by atoms with van der Waals surface area (Å²) in [4.78, 5) is 10.6. The van der Waals surface area contributed by atoms with Gasteiger partial charge in [-0.3, -0.25) is 15.5 Å². The molecule has 0 atom stereocenters. The van der Waals surface area contributed by atoms with Crippen molar-refractivity contribution in [3.63, 3.8) is 0 Å². The number of hydrogen-bond donors (Lipinski definition) is 1. The van der Waals surface area contributed by atoms with Crippen LogP contribution in [0.5, 0.6) is 5.75 Å². The highest BCUT2D eigenvalue weighted by atomic mass is 16.6. The van der Waals surface area contributed by atoms with E-state index in [-0.39, 0.29) is 5.69 Å². The van der Waals surface area contributed by atoms with Crippen LogP contribution in [0.15, 0.2) is 65.8 Å². The summed E-state index contributed by atoms with van der Waals surface area (Å²) in [6.07, 6.45) is 1.64. The van der Waals surface area contributed by atoms with Crippen molar-refractivity contribution >= 4 is 28.4 Å². The van der Waals surface area contributed by atoms with Crippen LogP contribution in [0.2, 0.25) is 0 Å². The van der Waals surface area contributed by atoms with E-state index >= 15 is 0 Å². The minimum Gasteiger partial charge on any atom is -0.496 e. The first-order valence-corrected chi connectivity index (χ1v) is 7.29. The third-order valence-electron chi connectivity index (χ3n) is 3.63. The number of hydrazone groups is 1. The average molecular weight is 321 g/mol. The van der Waals surface area contributed by atoms with Crippen molar-refractivity contribution in [2.45, 2.75) is 0 Å². The molecule has 3 aromatic rings. The van der Waals surface area contributed by atoms with Crippen LogP contribution >= 0.6 is 0 Å². The average Bonchev–Trinajstić information content (AvgIpc) is 2.62. The maximum absolute atomic E-state index is 11.0. The first-order valence-electron chi connectivity index (χ1n) is 7.29. The van der Waals surface area contributed by atoms with Crippen molar-refractivity contribution in [2.75, 3.05) is 12.5 Å². The Balaban J connectivity index is 1.91. The van der Waals surface area contributed by atoms with Gasteiger partial charge in [0.05, 0.1) is 18.2 Å². The van der Waals surface area contributed by atoms with E-state index in [4.69, 9.17) is 4.74 Å². The number of para-hydroxylation sites is 2. The zero-order valence-corrected chi connectivity index (χ0v) is 13.0. The number of nitro benzene ring substituents is 1. The van der Waals surface area contributed by atoms with Crippen LogP contribution in [-0.2, 0) is 0 Å². The number of rotatable bonds is 5. The Hall–Kier alpha value is -3.41. The van der Waals surface area contributed by atoms with Gasteiger partial charge in [-0.1, -0.05) is 36.4 Å². The molecule has 0 heterocycles. The Bertz CT molecular complexity index is 922. The molecule has 0 bridgehead atoms. The number of methoxy groups -OCH3 is 1. The molecular formula is C18H15N3O3. The van der Waals surface area contributed by atoms with Gasteiger partial charge in [-0.15, -0.1) is 0 Å². The van der Waals surface area contributed by atoms with Gasteiger partial charge in [-0.05, 0) is 23.6 Å². The number of nitro groups is 1. The van der Waals surface area contributed by atoms with Gasteiger partial charge < -0.3 is 4.74 Å². The minimum absolute atomic E-state index is 0.0192. The number of anilines is 1. The topological polar surface area (TPSA) is 76.8 Å². The third-order valence-corrected chi connectivity index (χ3v) is 3.63. The molecule has 0 fully saturated rings. The molecule has 0 aliphatic rings. The van der Waals surface area contributed by atoms with Crippen LogP contribution in [0.25, 0.3) is 10.8 Å². The van der Waals surface area contributed by atoms with Crippen LogP contribution in [0.3, 0.4) is 0 Å². The number of hydrogen-bond acceptors (Lipinski definition) is 5. The molecule has 6 nitrogen and oxygen atoms in total. The molecule has 3 rings (SSSR count). The standard InChI is InChI=1S/C18H15N3O3/c1-24-18-11-10-13(14-6-2-3-7-15(14)18)12-19-20-16-8-4-5-9-17(16)21(22)23/h2-12,20H,1H3. The van der Waals surface area contributed by atoms with Crippen LogP contribution in [0, 0.1) is 10.1 Å². The molecule has 0 amide bonds. The van der Waals surface area contributed by atoms with Gasteiger partial charge in [0.2, 0.25) is 0 Å². The molecule has 0 aliphatic heterocycles. The first-order chi connectivity index (χ1) is 11.7. The monoisotopic (exact) mass is 321 g/mol. The van der Waals surface area contributed by atoms with Gasteiger partial charge in [0, 0.05) is 17.0 Å². The Morgan fingerprint density at radius 3 is 2.50 bits per heavy atom. The molecule has 3 aromatic carbocycles. The highest BCUT2D eigenvalue weighted by Crippen LogP contribution is 2.28. The van der Waals surface area contributed by atoms with E-state index in [1.54, 1.807) is 31.5 Å². The van der Waals surface area contributed by atoms with Crippen LogP contribution in [0.4, 0.5) is 11.4 Å². The summed E-state index contributed by atoms with van der Waals surface area (Å²) < 4.78 is 5.36. The number of nitrogens with one attached hydrogen (secondary N) is 1. The Morgan fingerprint density at radius 2 is 1.75 bits per heavy atom. The molecule has 6 heteroatoms. The fourth-order valence-corrected chi connectivity index (χ4v) is 2.48. The van der Waals surface area contributed by atoms with Gasteiger partial charge in [-0.2, -0.15) is 5.10 Å². The predicted molar refractivity (Wildman–Crippen MR) is 94.8 cm³/mol. The Kier molecular flexibility index (Phi) is 4.38. The molecule has 0 radical (unpaired) electrons. The van der Waals surface area contributed by atoms with Crippen molar-refractivity contribution < 1.29 is 9.66 Å². The van der Waals surface area contributed by atoms with E-state index in [1.165, 1.54) is 6.07 Å². The van der Waals surface area contributed by atoms with Crippen LogP contribution in [0.1, 0.15) is 5.56 Å². The highest BCUT2D eigenvalue weighted by Gasteiger charge is 2.11. The van der Waals surface area contributed by atoms with Crippen molar-refractivity contribution in [3.8, 4) is 5.75 Å². The van der Waals surface area contributed by atoms with Gasteiger partial charge in [0.1, 0.15) is 11.4 Å². The molecule has 1 N–H and O–H groups in total. The lowest BCUT2D eigenvalue weighted by Gasteiger charge is -2.07. The summed E-state index contributed by atoms with van der Waals surface area (Å²) in [5.41, 5.74) is 3.94. The second kappa shape index (κ2) is 6.78. The van der Waals surface area contributed by atoms with Crippen molar-refractivity contribution in [3.05, 3.63) is 76.3 Å². The highest BCUT2D eigenvalue weighted by molar-refractivity contribution is 6.02. The molecule has 0 unspecified atom stereocenters. The maximum Gasteiger partial charge on any atom is 0.294 e. The third kappa shape index (κ3) is 3.03. The number of benzene rings is 3. The minimum atomic E-state index is -0.444. The summed E-state index contributed by atoms with van der Waals surface area (Å²) in [5.74, 6) is 0.786. The lowest BCUT2D eigenvalue weighted by molar-refractivity contribution is -0.384. The lowest BCUT2D eigenvalue weighted by Crippen LogP contribution is -1.97. The Morgan fingerprint density at radius 1 is 1.04 bits per heavy atom. The van der Waals surface area contributed by atoms with Gasteiger partial charge >= 0.3 is 0 Å². The predicted octanol–water partition coefficient (Wildman–Crippen LogP) is 4.20. The van der Waals surface area contributed by atoms with E-state index in [2.05, 4.69) is 10.5 Å². The summed E-state index contributed by atoms with van der Waals surface area (Å²) >= 11 is 0. The normalized spacial score (nSPS) is 10.9. The number of fused-ring (bicyclic) bond motifs is 1. The van der Waals surface area contributed by atoms with E-state index in [0.29, 0.717) is 5.69 Å². The smallest absolute Gasteiger partial charge is 0.294 e. The second-order valence-corrected chi connectivity index (χ2v) is 5.05.